The van der Waals surface area contributed by atoms with Crippen molar-refractivity contribution in [1.29, 1.82) is 0 Å². The molecule has 2 aromatic heterocycles. The predicted octanol–water partition coefficient (Wildman–Crippen LogP) is 0.842. The summed E-state index contributed by atoms with van der Waals surface area (Å²) in [6.07, 6.45) is 4.09. The number of fused-ring (bicyclic) bond motifs is 1. The van der Waals surface area contributed by atoms with Gasteiger partial charge >= 0.3 is 0 Å². The second-order valence-corrected chi connectivity index (χ2v) is 5.37. The molecule has 0 amide bonds. The summed E-state index contributed by atoms with van der Waals surface area (Å²) < 4.78 is 3.93. The molecule has 20 heavy (non-hydrogen) atoms. The topological polar surface area (TPSA) is 64.7 Å². The third-order valence-corrected chi connectivity index (χ3v) is 3.79. The van der Waals surface area contributed by atoms with Crippen LogP contribution in [0.5, 0.6) is 0 Å². The van der Waals surface area contributed by atoms with Gasteiger partial charge in [-0.3, -0.25) is 4.90 Å². The average Bonchev–Trinajstić information content (AvgIpc) is 2.93. The van der Waals surface area contributed by atoms with Gasteiger partial charge in [-0.05, 0) is 26.3 Å². The van der Waals surface area contributed by atoms with E-state index in [4.69, 9.17) is 0 Å². The Bertz CT molecular complexity index is 571. The molecule has 7 heteroatoms. The minimum atomic E-state index is 0.654. The Morgan fingerprint density at radius 3 is 2.90 bits per heavy atom. The molecular formula is C13H21N7. The lowest BCUT2D eigenvalue weighted by molar-refractivity contribution is 0.269. The first-order valence-electron chi connectivity index (χ1n) is 7.26. The van der Waals surface area contributed by atoms with E-state index in [1.54, 1.807) is 6.20 Å². The first-order chi connectivity index (χ1) is 9.78. The van der Waals surface area contributed by atoms with Crippen LogP contribution in [0.3, 0.4) is 0 Å². The van der Waals surface area contributed by atoms with Crippen molar-refractivity contribution in [2.24, 2.45) is 0 Å². The molecule has 0 atom stereocenters. The highest BCUT2D eigenvalue weighted by atomic mass is 15.5. The minimum absolute atomic E-state index is 0.654. The molecule has 108 valence electrons. The molecule has 0 saturated heterocycles. The lowest BCUT2D eigenvalue weighted by Crippen LogP contribution is -2.24. The van der Waals surface area contributed by atoms with Gasteiger partial charge in [-0.2, -0.15) is 0 Å². The molecule has 0 radical (unpaired) electrons. The molecule has 0 N–H and O–H groups in total. The highest BCUT2D eigenvalue weighted by molar-refractivity contribution is 5.12. The fourth-order valence-corrected chi connectivity index (χ4v) is 2.69. The van der Waals surface area contributed by atoms with Crippen molar-refractivity contribution < 1.29 is 0 Å². The summed E-state index contributed by atoms with van der Waals surface area (Å²) in [5.74, 6) is 0. The molecule has 0 spiro atoms. The van der Waals surface area contributed by atoms with Gasteiger partial charge in [-0.1, -0.05) is 17.4 Å². The number of hydrogen-bond acceptors (Lipinski definition) is 5. The maximum absolute atomic E-state index is 4.35. The molecule has 1 aliphatic heterocycles. The van der Waals surface area contributed by atoms with Crippen LogP contribution in [0, 0.1) is 6.92 Å². The fraction of sp³-hybridized carbons (Fsp3) is 0.692. The van der Waals surface area contributed by atoms with Gasteiger partial charge in [0.15, 0.2) is 0 Å². The van der Waals surface area contributed by atoms with E-state index in [1.807, 2.05) is 11.6 Å². The first kappa shape index (κ1) is 13.2. The maximum atomic E-state index is 4.35. The monoisotopic (exact) mass is 275 g/mol. The highest BCUT2D eigenvalue weighted by Gasteiger charge is 2.20. The Balaban J connectivity index is 1.83. The molecular weight excluding hydrogens is 254 g/mol. The van der Waals surface area contributed by atoms with Crippen LogP contribution in [0.1, 0.15) is 36.8 Å². The van der Waals surface area contributed by atoms with Crippen molar-refractivity contribution in [3.63, 3.8) is 0 Å². The van der Waals surface area contributed by atoms with Crippen molar-refractivity contribution >= 4 is 0 Å². The van der Waals surface area contributed by atoms with E-state index in [0.29, 0.717) is 6.54 Å². The van der Waals surface area contributed by atoms with E-state index in [0.717, 1.165) is 44.0 Å². The Labute approximate surface area is 118 Å². The van der Waals surface area contributed by atoms with Gasteiger partial charge in [-0.25, -0.2) is 9.36 Å². The van der Waals surface area contributed by atoms with Crippen molar-refractivity contribution in [1.82, 2.24) is 34.9 Å². The summed E-state index contributed by atoms with van der Waals surface area (Å²) in [6.45, 7) is 9.04. The highest BCUT2D eigenvalue weighted by Crippen LogP contribution is 2.16. The van der Waals surface area contributed by atoms with Crippen LogP contribution in [-0.4, -0.2) is 48.0 Å². The van der Waals surface area contributed by atoms with Gasteiger partial charge in [0.05, 0.1) is 24.1 Å². The van der Waals surface area contributed by atoms with Crippen molar-refractivity contribution in [3.8, 4) is 0 Å². The van der Waals surface area contributed by atoms with Crippen LogP contribution in [0.4, 0.5) is 0 Å². The van der Waals surface area contributed by atoms with Gasteiger partial charge in [-0.15, -0.1) is 10.2 Å². The number of rotatable bonds is 4. The lowest BCUT2D eigenvalue weighted by Gasteiger charge is -2.18. The molecule has 3 heterocycles. The van der Waals surface area contributed by atoms with Crippen LogP contribution in [0.25, 0.3) is 0 Å². The average molecular weight is 275 g/mol. The third-order valence-electron chi connectivity index (χ3n) is 3.79. The summed E-state index contributed by atoms with van der Waals surface area (Å²) in [5, 5.41) is 16.7. The van der Waals surface area contributed by atoms with E-state index in [1.165, 1.54) is 12.1 Å². The second-order valence-electron chi connectivity index (χ2n) is 5.37. The van der Waals surface area contributed by atoms with E-state index < -0.39 is 0 Å². The molecule has 0 bridgehead atoms. The van der Waals surface area contributed by atoms with E-state index in [9.17, 15) is 0 Å². The van der Waals surface area contributed by atoms with Gasteiger partial charge < -0.3 is 0 Å². The normalized spacial score (nSPS) is 16.1. The zero-order valence-electron chi connectivity index (χ0n) is 12.2. The summed E-state index contributed by atoms with van der Waals surface area (Å²) in [4.78, 5) is 2.49. The van der Waals surface area contributed by atoms with Crippen molar-refractivity contribution in [2.75, 3.05) is 13.1 Å². The van der Waals surface area contributed by atoms with E-state index in [-0.39, 0.29) is 0 Å². The van der Waals surface area contributed by atoms with Gasteiger partial charge in [0.2, 0.25) is 0 Å². The molecule has 2 aromatic rings. The molecule has 7 nitrogen and oxygen atoms in total. The van der Waals surface area contributed by atoms with Gasteiger partial charge in [0.1, 0.15) is 5.69 Å². The first-order valence-corrected chi connectivity index (χ1v) is 7.26. The second kappa shape index (κ2) is 5.70. The third kappa shape index (κ3) is 2.58. The Morgan fingerprint density at radius 2 is 2.15 bits per heavy atom. The quantitative estimate of drug-likeness (QED) is 0.827. The van der Waals surface area contributed by atoms with E-state index in [2.05, 4.69) is 37.1 Å². The standard InChI is InChI=1S/C13H21N7/c1-3-5-18-6-4-7-19-13(10-18)12(15-17-19)9-20-11(2)8-14-16-20/h8H,3-7,9-10H2,1-2H3. The molecule has 0 saturated carbocycles. The number of hydrogen-bond donors (Lipinski definition) is 0. The van der Waals surface area contributed by atoms with Gasteiger partial charge in [0.25, 0.3) is 0 Å². The smallest absolute Gasteiger partial charge is 0.109 e. The summed E-state index contributed by atoms with van der Waals surface area (Å²) in [5.41, 5.74) is 3.29. The summed E-state index contributed by atoms with van der Waals surface area (Å²) >= 11 is 0. The molecule has 0 fully saturated rings. The Kier molecular flexibility index (Phi) is 3.77. The number of nitrogens with zero attached hydrogens (tertiary/aromatic N) is 7. The van der Waals surface area contributed by atoms with Gasteiger partial charge in [0, 0.05) is 19.6 Å². The number of aryl methyl sites for hydroxylation is 2. The zero-order valence-corrected chi connectivity index (χ0v) is 12.2. The maximum Gasteiger partial charge on any atom is 0.109 e. The summed E-state index contributed by atoms with van der Waals surface area (Å²) in [7, 11) is 0. The van der Waals surface area contributed by atoms with Crippen molar-refractivity contribution in [2.45, 2.75) is 46.3 Å². The van der Waals surface area contributed by atoms with E-state index >= 15 is 0 Å². The molecule has 3 rings (SSSR count). The largest absolute Gasteiger partial charge is 0.297 e. The predicted molar refractivity (Wildman–Crippen MR) is 74.1 cm³/mol. The summed E-state index contributed by atoms with van der Waals surface area (Å²) in [6, 6.07) is 0. The van der Waals surface area contributed by atoms with Crippen molar-refractivity contribution in [3.05, 3.63) is 23.3 Å². The molecule has 1 aliphatic rings. The Morgan fingerprint density at radius 1 is 1.25 bits per heavy atom. The van der Waals surface area contributed by atoms with Crippen LogP contribution >= 0.6 is 0 Å². The van der Waals surface area contributed by atoms with Crippen LogP contribution in [0.15, 0.2) is 6.20 Å². The van der Waals surface area contributed by atoms with Crippen LogP contribution < -0.4 is 0 Å². The van der Waals surface area contributed by atoms with Crippen LogP contribution in [0.2, 0.25) is 0 Å². The minimum Gasteiger partial charge on any atom is -0.297 e. The van der Waals surface area contributed by atoms with Crippen LogP contribution in [-0.2, 0) is 19.6 Å². The fourth-order valence-electron chi connectivity index (χ4n) is 2.69. The Hall–Kier alpha value is -1.76. The lowest BCUT2D eigenvalue weighted by atomic mass is 10.2. The molecule has 0 aliphatic carbocycles. The SMILES string of the molecule is CCCN1CCCn2nnc(Cn3nncc3C)c2C1. The zero-order chi connectivity index (χ0) is 13.9. The number of aromatic nitrogens is 6. The molecule has 0 unspecified atom stereocenters. The molecule has 0 aromatic carbocycles.